The van der Waals surface area contributed by atoms with Gasteiger partial charge in [-0.3, -0.25) is 4.79 Å². The van der Waals surface area contributed by atoms with Crippen molar-refractivity contribution in [1.29, 1.82) is 0 Å². The van der Waals surface area contributed by atoms with Gasteiger partial charge in [0.05, 0.1) is 32.0 Å². The third-order valence-corrected chi connectivity index (χ3v) is 18.6. The molecule has 14 heteroatoms. The second-order valence-electron chi connectivity index (χ2n) is 27.4. The highest BCUT2D eigenvalue weighted by Crippen LogP contribution is 2.30. The van der Waals surface area contributed by atoms with Gasteiger partial charge in [-0.1, -0.05) is 327 Å². The van der Waals surface area contributed by atoms with Gasteiger partial charge >= 0.3 is 0 Å². The fourth-order valence-electron chi connectivity index (χ4n) is 12.3. The van der Waals surface area contributed by atoms with E-state index in [1.165, 1.54) is 154 Å². The fourth-order valence-corrected chi connectivity index (χ4v) is 12.3. The van der Waals surface area contributed by atoms with E-state index >= 15 is 0 Å². The molecule has 9 N–H and O–H groups in total. The molecule has 12 atom stereocenters. The lowest BCUT2D eigenvalue weighted by Gasteiger charge is -2.46. The van der Waals surface area contributed by atoms with Crippen LogP contribution in [0.4, 0.5) is 0 Å². The van der Waals surface area contributed by atoms with E-state index in [2.05, 4.69) is 141 Å². The number of amides is 1. The van der Waals surface area contributed by atoms with Crippen LogP contribution in [0, 0.1) is 0 Å². The normalized spacial score (nSPS) is 22.7. The predicted octanol–water partition coefficient (Wildman–Crippen LogP) is 18.2. The fraction of sp³-hybridized carbons (Fsp3) is 0.729. The summed E-state index contributed by atoms with van der Waals surface area (Å²) in [4.78, 5) is 13.4. The SMILES string of the molecule is CC/C=C\C/C=C\C/C=C\C/C=C\C/C=C\C/C=C\C/C=C\C/C=C\C/C=C\CCCCCCCCCC(=O)NC(COC1OC(CO)C(OC2OC(CO)C(O)C(O)C2O)C(O)C1O)C(O)/C=C/CC/C=C/CCCCCCCCCCCCCCCCCCCCCCCCCC. The van der Waals surface area contributed by atoms with E-state index in [0.717, 1.165) is 116 Å². The summed E-state index contributed by atoms with van der Waals surface area (Å²) >= 11 is 0. The van der Waals surface area contributed by atoms with E-state index in [9.17, 15) is 45.6 Å². The van der Waals surface area contributed by atoms with Crippen LogP contribution in [0.15, 0.2) is 134 Å². The quantitative estimate of drug-likeness (QED) is 0.0204. The van der Waals surface area contributed by atoms with Gasteiger partial charge in [-0.05, 0) is 103 Å². The number of ether oxygens (including phenoxy) is 4. The molecule has 0 aromatic carbocycles. The summed E-state index contributed by atoms with van der Waals surface area (Å²) in [6.07, 6.45) is 83.8. The Morgan fingerprint density at radius 3 is 1.11 bits per heavy atom. The smallest absolute Gasteiger partial charge is 0.220 e. The highest BCUT2D eigenvalue weighted by molar-refractivity contribution is 5.76. The van der Waals surface area contributed by atoms with E-state index in [0.29, 0.717) is 12.8 Å². The molecule has 2 saturated heterocycles. The van der Waals surface area contributed by atoms with E-state index < -0.39 is 86.8 Å². The van der Waals surface area contributed by atoms with Crippen LogP contribution in [0.5, 0.6) is 0 Å². The molecule has 2 fully saturated rings. The number of hydrogen-bond acceptors (Lipinski definition) is 13. The van der Waals surface area contributed by atoms with Gasteiger partial charge in [0.2, 0.25) is 5.91 Å². The molecule has 2 aliphatic heterocycles. The summed E-state index contributed by atoms with van der Waals surface area (Å²) in [5.74, 6) is -0.263. The molecule has 0 aromatic heterocycles. The van der Waals surface area contributed by atoms with Gasteiger partial charge in [0.1, 0.15) is 48.8 Å². The average Bonchev–Trinajstić information content (AvgIpc) is 0.799. The molecule has 12 unspecified atom stereocenters. The molecule has 568 valence electrons. The molecule has 2 heterocycles. The minimum absolute atomic E-state index is 0.252. The van der Waals surface area contributed by atoms with E-state index in [4.69, 9.17) is 18.9 Å². The molecule has 2 rings (SSSR count). The van der Waals surface area contributed by atoms with E-state index in [1.807, 2.05) is 6.08 Å². The number of aliphatic hydroxyl groups is 8. The standard InChI is InChI=1S/C85H145NO13/c1-3-5-7-9-11-13-15-17-19-21-23-25-27-29-31-33-35-36-37-38-39-41-43-45-47-49-51-53-55-57-59-61-63-65-67-69-77(90)86-73(72-96-84-82(95)80(93)83(76(71-88)98-84)99-85-81(94)79(92)78(91)75(70-87)97-85)74(89)68-66-64-62-60-58-56-54-52-50-48-46-44-42-40-34-32-30-28-26-24-22-20-18-16-14-12-10-8-6-4-2/h5,7,11,13,17,19,23,25,29,31,35-36,38-39,43,45,49,51,58,60,66,68,73-76,78-85,87-89,91-95H,3-4,6,8-10,12,14-16,18,20-22,24,26-28,30,32-34,37,40-42,44,46-48,50,52-57,59,61-65,67,69-72H2,1-2H3,(H,86,90)/b7-5-,13-11-,19-17-,25-23-,31-29-,36-35-,39-38-,45-43-,51-49-,60-58+,68-66+. The minimum atomic E-state index is -1.80. The Labute approximate surface area is 602 Å². The summed E-state index contributed by atoms with van der Waals surface area (Å²) in [6.45, 7) is 2.69. The lowest BCUT2D eigenvalue weighted by molar-refractivity contribution is -0.359. The second kappa shape index (κ2) is 67.3. The number of hydrogen-bond donors (Lipinski definition) is 9. The molecule has 99 heavy (non-hydrogen) atoms. The molecular weight excluding hydrogens is 1240 g/mol. The predicted molar refractivity (Wildman–Crippen MR) is 410 cm³/mol. The van der Waals surface area contributed by atoms with Crippen molar-refractivity contribution in [2.75, 3.05) is 19.8 Å². The van der Waals surface area contributed by atoms with Crippen LogP contribution in [0.1, 0.15) is 303 Å². The van der Waals surface area contributed by atoms with Crippen LogP contribution in [-0.2, 0) is 23.7 Å². The zero-order valence-electron chi connectivity index (χ0n) is 62.2. The Balaban J connectivity index is 1.66. The molecule has 0 radical (unpaired) electrons. The number of rotatable bonds is 65. The van der Waals surface area contributed by atoms with Crippen LogP contribution < -0.4 is 5.32 Å². The first kappa shape index (κ1) is 91.2. The molecule has 0 bridgehead atoms. The molecule has 0 spiro atoms. The lowest BCUT2D eigenvalue weighted by Crippen LogP contribution is -2.65. The van der Waals surface area contributed by atoms with Crippen LogP contribution in [0.3, 0.4) is 0 Å². The summed E-state index contributed by atoms with van der Waals surface area (Å²) in [6, 6.07) is -0.950. The first-order valence-electron chi connectivity index (χ1n) is 39.9. The maximum absolute atomic E-state index is 13.4. The zero-order valence-corrected chi connectivity index (χ0v) is 62.2. The van der Waals surface area contributed by atoms with Gasteiger partial charge in [0.15, 0.2) is 12.6 Å². The van der Waals surface area contributed by atoms with Crippen molar-refractivity contribution >= 4 is 5.91 Å². The Bertz CT molecular complexity index is 2180. The number of nitrogens with one attached hydrogen (secondary N) is 1. The number of carbonyl (C=O) groups excluding carboxylic acids is 1. The summed E-state index contributed by atoms with van der Waals surface area (Å²) in [5, 5.41) is 87.6. The molecule has 0 aliphatic carbocycles. The molecule has 14 nitrogen and oxygen atoms in total. The lowest BCUT2D eigenvalue weighted by atomic mass is 9.97. The van der Waals surface area contributed by atoms with Gasteiger partial charge in [0, 0.05) is 6.42 Å². The van der Waals surface area contributed by atoms with Gasteiger partial charge in [-0.15, -0.1) is 0 Å². The highest BCUT2D eigenvalue weighted by atomic mass is 16.7. The zero-order chi connectivity index (χ0) is 71.5. The Morgan fingerprint density at radius 1 is 0.374 bits per heavy atom. The number of unbranched alkanes of at least 4 members (excludes halogenated alkanes) is 32. The van der Waals surface area contributed by atoms with Crippen molar-refractivity contribution in [3.05, 3.63) is 134 Å². The molecule has 0 aromatic rings. The van der Waals surface area contributed by atoms with Crippen molar-refractivity contribution in [2.45, 2.75) is 376 Å². The Hall–Kier alpha value is -3.87. The molecular formula is C85H145NO13. The van der Waals surface area contributed by atoms with Crippen molar-refractivity contribution < 1.29 is 64.6 Å². The number of aliphatic hydroxyl groups excluding tert-OH is 8. The summed E-state index contributed by atoms with van der Waals surface area (Å²) in [5.41, 5.74) is 0. The Morgan fingerprint density at radius 2 is 0.707 bits per heavy atom. The molecule has 1 amide bonds. The largest absolute Gasteiger partial charge is 0.394 e. The summed E-state index contributed by atoms with van der Waals surface area (Å²) in [7, 11) is 0. The maximum Gasteiger partial charge on any atom is 0.220 e. The van der Waals surface area contributed by atoms with Crippen molar-refractivity contribution in [2.24, 2.45) is 0 Å². The maximum atomic E-state index is 13.4. The molecule has 2 aliphatic rings. The topological polar surface area (TPSA) is 228 Å². The average molecular weight is 1390 g/mol. The van der Waals surface area contributed by atoms with Gasteiger partial charge in [-0.25, -0.2) is 0 Å². The van der Waals surface area contributed by atoms with Gasteiger partial charge < -0.3 is 65.1 Å². The van der Waals surface area contributed by atoms with Crippen molar-refractivity contribution in [1.82, 2.24) is 5.32 Å². The monoisotopic (exact) mass is 1390 g/mol. The first-order valence-corrected chi connectivity index (χ1v) is 39.9. The van der Waals surface area contributed by atoms with Gasteiger partial charge in [0.25, 0.3) is 0 Å². The van der Waals surface area contributed by atoms with Gasteiger partial charge in [-0.2, -0.15) is 0 Å². The third-order valence-electron chi connectivity index (χ3n) is 18.6. The summed E-state index contributed by atoms with van der Waals surface area (Å²) < 4.78 is 22.9. The Kier molecular flexibility index (Phi) is 62.0. The van der Waals surface area contributed by atoms with Crippen LogP contribution in [0.2, 0.25) is 0 Å². The van der Waals surface area contributed by atoms with E-state index in [1.54, 1.807) is 6.08 Å². The minimum Gasteiger partial charge on any atom is -0.394 e. The van der Waals surface area contributed by atoms with Crippen LogP contribution in [-0.4, -0.2) is 140 Å². The first-order chi connectivity index (χ1) is 48.6. The number of allylic oxidation sites excluding steroid dienone is 21. The third kappa shape index (κ3) is 50.2. The van der Waals surface area contributed by atoms with E-state index in [-0.39, 0.29) is 18.9 Å². The van der Waals surface area contributed by atoms with Crippen LogP contribution in [0.25, 0.3) is 0 Å². The van der Waals surface area contributed by atoms with Crippen molar-refractivity contribution in [3.63, 3.8) is 0 Å². The van der Waals surface area contributed by atoms with Crippen molar-refractivity contribution in [3.8, 4) is 0 Å². The molecule has 0 saturated carbocycles. The highest BCUT2D eigenvalue weighted by Gasteiger charge is 2.51. The van der Waals surface area contributed by atoms with Crippen LogP contribution >= 0.6 is 0 Å². The second-order valence-corrected chi connectivity index (χ2v) is 27.4. The number of carbonyl (C=O) groups is 1.